The highest BCUT2D eigenvalue weighted by Gasteiger charge is 2.30. The Labute approximate surface area is 486 Å². The summed E-state index contributed by atoms with van der Waals surface area (Å²) in [4.78, 5) is 116. The van der Waals surface area contributed by atoms with Crippen molar-refractivity contribution in [2.75, 3.05) is 72.8 Å². The lowest BCUT2D eigenvalue weighted by molar-refractivity contribution is -0.137. The van der Waals surface area contributed by atoms with Gasteiger partial charge in [-0.1, -0.05) is 68.0 Å². The first-order chi connectivity index (χ1) is 39.0. The number of amides is 9. The van der Waals surface area contributed by atoms with Crippen LogP contribution in [-0.4, -0.2) is 143 Å². The average molecular weight is 1230 g/mol. The number of primary amides is 1. The van der Waals surface area contributed by atoms with Gasteiger partial charge in [0, 0.05) is 97.1 Å². The van der Waals surface area contributed by atoms with Crippen molar-refractivity contribution in [1.29, 1.82) is 0 Å². The smallest absolute Gasteiger partial charge is 0.312 e. The van der Waals surface area contributed by atoms with Crippen LogP contribution in [0.2, 0.25) is 0 Å². The first-order valence-electron chi connectivity index (χ1n) is 27.5. The van der Waals surface area contributed by atoms with E-state index in [1.54, 1.807) is 62.5 Å². The first kappa shape index (κ1) is 62.9. The van der Waals surface area contributed by atoms with Gasteiger partial charge in [-0.05, 0) is 98.9 Å². The largest absolute Gasteiger partial charge is 0.387 e. The van der Waals surface area contributed by atoms with Crippen LogP contribution in [0.5, 0.6) is 0 Å². The number of urea groups is 1. The van der Waals surface area contributed by atoms with E-state index >= 15 is 0 Å². The number of benzene rings is 2. The van der Waals surface area contributed by atoms with Gasteiger partial charge in [-0.25, -0.2) is 14.8 Å². The predicted octanol–water partition coefficient (Wildman–Crippen LogP) is 4.99. The molecule has 3 aromatic rings. The fourth-order valence-electron chi connectivity index (χ4n) is 9.29. The van der Waals surface area contributed by atoms with Crippen LogP contribution in [0.15, 0.2) is 83.5 Å². The standard InChI is InChI=1S/C57H76IN13O10/c1-4-25-70(29-23-58)56(78)41-30-39-13-14-40(31-46(39)66-47(59)32-41)53(75)65-44-17-18-48(62-33-44)69-27-21-42(22-28-69)63-35-81-36-80-34-38-11-15-43(16-12-38)64-54(76)45(9-8-24-61-57(60)79)67-55(77)52(37(2)3)68-49(72)10-6-5-7-26-71-50(73)19-20-51(71)74/h11-20,30-31,33,37,42,45,52,63H,4-10,21-29,32,34-36H2,1-3H3,(H2,59,66)(H,64,76)(H,65,75)(H,67,77)(H,68,72)(H3,60,61,79). The number of nitrogens with one attached hydrogen (secondary N) is 6. The number of amidine groups is 1. The molecule has 0 spiro atoms. The molecule has 3 aliphatic heterocycles. The second-order valence-corrected chi connectivity index (χ2v) is 21.4. The average Bonchev–Trinajstić information content (AvgIpc) is 3.82. The van der Waals surface area contributed by atoms with Crippen molar-refractivity contribution >= 4 is 105 Å². The molecule has 6 rings (SSSR count). The quantitative estimate of drug-likeness (QED) is 0.0138. The monoisotopic (exact) mass is 1230 g/mol. The summed E-state index contributed by atoms with van der Waals surface area (Å²) in [5, 5.41) is 17.3. The lowest BCUT2D eigenvalue weighted by Crippen LogP contribution is -2.54. The number of nitrogens with two attached hydrogens (primary N) is 2. The Morgan fingerprint density at radius 2 is 1.60 bits per heavy atom. The highest BCUT2D eigenvalue weighted by atomic mass is 127. The van der Waals surface area contributed by atoms with Crippen molar-refractivity contribution in [2.24, 2.45) is 22.4 Å². The number of aliphatic imine (C=N–C) groups is 1. The number of imide groups is 1. The van der Waals surface area contributed by atoms with Crippen LogP contribution in [0.25, 0.3) is 6.08 Å². The third-order valence-electron chi connectivity index (χ3n) is 13.7. The molecule has 0 radical (unpaired) electrons. The van der Waals surface area contributed by atoms with Crippen molar-refractivity contribution in [3.8, 4) is 0 Å². The van der Waals surface area contributed by atoms with Crippen molar-refractivity contribution in [3.63, 3.8) is 0 Å². The zero-order valence-electron chi connectivity index (χ0n) is 46.3. The van der Waals surface area contributed by atoms with Crippen molar-refractivity contribution in [3.05, 3.63) is 95.2 Å². The normalized spacial score (nSPS) is 15.0. The summed E-state index contributed by atoms with van der Waals surface area (Å²) in [6, 6.07) is 13.5. The number of carbonyl (C=O) groups excluding carboxylic acids is 8. The molecule has 436 valence electrons. The highest BCUT2D eigenvalue weighted by Crippen LogP contribution is 2.29. The second-order valence-electron chi connectivity index (χ2n) is 20.3. The van der Waals surface area contributed by atoms with Crippen LogP contribution in [0.1, 0.15) is 106 Å². The SMILES string of the molecule is CCCN(CCI)C(=O)C1=Cc2ccc(C(=O)Nc3ccc(N4CCC(NCOCOCc5ccc(NC(=O)C(CCCNC(N)=O)NC(=O)C(NC(=O)CCCCCN6C(=O)C=CC6=O)C(C)C)cc5)CC4)nc3)cc2N=C(N)C1. The number of hydrogen-bond donors (Lipinski definition) is 8. The second kappa shape index (κ2) is 32.2. The van der Waals surface area contributed by atoms with E-state index in [-0.39, 0.29) is 87.2 Å². The fraction of sp³-hybridized carbons (Fsp3) is 0.474. The van der Waals surface area contributed by atoms with E-state index < -0.39 is 29.9 Å². The number of alkyl halides is 1. The summed E-state index contributed by atoms with van der Waals surface area (Å²) >= 11 is 2.27. The summed E-state index contributed by atoms with van der Waals surface area (Å²) in [6.45, 7) is 9.53. The molecule has 9 amide bonds. The number of hydrogen-bond acceptors (Lipinski definition) is 15. The van der Waals surface area contributed by atoms with Crippen molar-refractivity contribution in [2.45, 2.75) is 110 Å². The van der Waals surface area contributed by atoms with Gasteiger partial charge in [0.1, 0.15) is 30.5 Å². The van der Waals surface area contributed by atoms with E-state index in [9.17, 15) is 38.4 Å². The van der Waals surface area contributed by atoms with Gasteiger partial charge in [-0.3, -0.25) is 43.8 Å². The Hall–Kier alpha value is -7.29. The lowest BCUT2D eigenvalue weighted by atomic mass is 10.0. The van der Waals surface area contributed by atoms with Gasteiger partial charge < -0.3 is 57.3 Å². The number of pyridine rings is 1. The number of anilines is 3. The van der Waals surface area contributed by atoms with E-state index in [0.29, 0.717) is 79.5 Å². The Bertz CT molecular complexity index is 2740. The molecule has 24 heteroatoms. The third kappa shape index (κ3) is 20.0. The fourth-order valence-corrected chi connectivity index (χ4v) is 9.87. The number of carbonyl (C=O) groups is 8. The molecule has 23 nitrogen and oxygen atoms in total. The molecule has 1 fully saturated rings. The molecule has 4 heterocycles. The molecule has 1 saturated heterocycles. The summed E-state index contributed by atoms with van der Waals surface area (Å²) in [6.07, 6.45) is 11.0. The predicted molar refractivity (Wildman–Crippen MR) is 317 cm³/mol. The maximum absolute atomic E-state index is 13.6. The number of unbranched alkanes of at least 4 members (excludes halogenated alkanes) is 2. The third-order valence-corrected chi connectivity index (χ3v) is 14.2. The Kier molecular flexibility index (Phi) is 25.0. The molecule has 3 aliphatic rings. The number of rotatable bonds is 31. The van der Waals surface area contributed by atoms with E-state index in [1.165, 1.54) is 12.2 Å². The number of ether oxygens (including phenoxy) is 2. The van der Waals surface area contributed by atoms with Crippen molar-refractivity contribution < 1.29 is 47.8 Å². The minimum atomic E-state index is -1.01. The van der Waals surface area contributed by atoms with Crippen molar-refractivity contribution in [1.82, 2.24) is 36.1 Å². The first-order valence-corrected chi connectivity index (χ1v) is 29.0. The summed E-state index contributed by atoms with van der Waals surface area (Å²) in [5.74, 6) is -1.64. The minimum absolute atomic E-state index is 0.0524. The number of nitrogens with zero attached hydrogens (tertiary/aromatic N) is 5. The minimum Gasteiger partial charge on any atom is -0.387 e. The molecular formula is C57H76IN13O10. The summed E-state index contributed by atoms with van der Waals surface area (Å²) in [7, 11) is 0. The molecule has 2 aromatic carbocycles. The van der Waals surface area contributed by atoms with Crippen LogP contribution in [-0.2, 0) is 44.8 Å². The molecular weight excluding hydrogens is 1150 g/mol. The molecule has 10 N–H and O–H groups in total. The van der Waals surface area contributed by atoms with Crippen LogP contribution >= 0.6 is 22.6 Å². The van der Waals surface area contributed by atoms with Crippen LogP contribution in [0.3, 0.4) is 0 Å². The number of aromatic nitrogens is 1. The number of halogens is 1. The molecule has 81 heavy (non-hydrogen) atoms. The van der Waals surface area contributed by atoms with Gasteiger partial charge >= 0.3 is 6.03 Å². The van der Waals surface area contributed by atoms with Gasteiger partial charge in [0.25, 0.3) is 17.7 Å². The van der Waals surface area contributed by atoms with Gasteiger partial charge in [0.05, 0.1) is 30.9 Å². The molecule has 2 atom stereocenters. The number of piperidine rings is 1. The van der Waals surface area contributed by atoms with E-state index in [1.807, 2.05) is 30.0 Å². The van der Waals surface area contributed by atoms with Gasteiger partial charge in [0.15, 0.2) is 0 Å². The Morgan fingerprint density at radius 1 is 0.864 bits per heavy atom. The van der Waals surface area contributed by atoms with Crippen LogP contribution in [0.4, 0.5) is 27.7 Å². The summed E-state index contributed by atoms with van der Waals surface area (Å²) in [5.41, 5.74) is 15.6. The van der Waals surface area contributed by atoms with Gasteiger partial charge in [-0.15, -0.1) is 0 Å². The molecule has 2 unspecified atom stereocenters. The van der Waals surface area contributed by atoms with Gasteiger partial charge in [-0.2, -0.15) is 0 Å². The van der Waals surface area contributed by atoms with E-state index in [2.05, 4.69) is 69.4 Å². The van der Waals surface area contributed by atoms with Crippen LogP contribution < -0.4 is 48.3 Å². The van der Waals surface area contributed by atoms with Crippen LogP contribution in [0, 0.1) is 5.92 Å². The topological polar surface area (TPSA) is 314 Å². The number of fused-ring (bicyclic) bond motifs is 1. The zero-order valence-corrected chi connectivity index (χ0v) is 48.5. The molecule has 1 aromatic heterocycles. The maximum Gasteiger partial charge on any atom is 0.312 e. The van der Waals surface area contributed by atoms with E-state index in [4.69, 9.17) is 20.9 Å². The van der Waals surface area contributed by atoms with Gasteiger partial charge in [0.2, 0.25) is 23.6 Å². The Morgan fingerprint density at radius 3 is 2.28 bits per heavy atom. The molecule has 0 aliphatic carbocycles. The lowest BCUT2D eigenvalue weighted by Gasteiger charge is -2.33. The Balaban J connectivity index is 0.873. The maximum atomic E-state index is 13.6. The molecule has 0 saturated carbocycles. The van der Waals surface area contributed by atoms with E-state index in [0.717, 1.165) is 58.6 Å². The zero-order chi connectivity index (χ0) is 58.3. The molecule has 0 bridgehead atoms. The highest BCUT2D eigenvalue weighted by molar-refractivity contribution is 14.1. The summed E-state index contributed by atoms with van der Waals surface area (Å²) < 4.78 is 12.3.